The van der Waals surface area contributed by atoms with Crippen molar-refractivity contribution >= 4 is 0 Å². The Kier molecular flexibility index (Phi) is 5.17. The molecule has 2 rings (SSSR count). The zero-order valence-electron chi connectivity index (χ0n) is 11.2. The van der Waals surface area contributed by atoms with Crippen molar-refractivity contribution in [1.82, 2.24) is 4.90 Å². The van der Waals surface area contributed by atoms with Crippen molar-refractivity contribution in [3.63, 3.8) is 0 Å². The molecule has 0 radical (unpaired) electrons. The highest BCUT2D eigenvalue weighted by molar-refractivity contribution is 5.15. The van der Waals surface area contributed by atoms with Gasteiger partial charge in [0.05, 0.1) is 6.10 Å². The fourth-order valence-corrected chi connectivity index (χ4v) is 2.29. The second-order valence-electron chi connectivity index (χ2n) is 4.96. The number of hydrogen-bond donors (Lipinski definition) is 1. The molecule has 0 saturated heterocycles. The highest BCUT2D eigenvalue weighted by Crippen LogP contribution is 2.28. The van der Waals surface area contributed by atoms with Crippen molar-refractivity contribution in [2.24, 2.45) is 5.73 Å². The minimum Gasteiger partial charge on any atom is -0.376 e. The second-order valence-corrected chi connectivity index (χ2v) is 4.96. The predicted molar refractivity (Wildman–Crippen MR) is 74.3 cm³/mol. The molecule has 1 atom stereocenters. The second kappa shape index (κ2) is 6.88. The lowest BCUT2D eigenvalue weighted by molar-refractivity contribution is 0.0349. The van der Waals surface area contributed by atoms with Crippen LogP contribution in [0.3, 0.4) is 0 Å². The highest BCUT2D eigenvalue weighted by atomic mass is 16.5. The molecule has 1 unspecified atom stereocenters. The summed E-state index contributed by atoms with van der Waals surface area (Å²) in [4.78, 5) is 2.52. The highest BCUT2D eigenvalue weighted by Gasteiger charge is 2.30. The molecule has 0 amide bonds. The molecular formula is C15H24N2O. The molecule has 100 valence electrons. The third-order valence-electron chi connectivity index (χ3n) is 3.40. The largest absolute Gasteiger partial charge is 0.376 e. The maximum Gasteiger partial charge on any atom is 0.0823 e. The van der Waals surface area contributed by atoms with Crippen molar-refractivity contribution in [2.75, 3.05) is 19.7 Å². The smallest absolute Gasteiger partial charge is 0.0823 e. The molecular weight excluding hydrogens is 224 g/mol. The minimum atomic E-state index is 0.166. The Morgan fingerprint density at radius 1 is 1.33 bits per heavy atom. The first kappa shape index (κ1) is 13.5. The van der Waals surface area contributed by atoms with Crippen LogP contribution < -0.4 is 5.73 Å². The number of hydrogen-bond acceptors (Lipinski definition) is 3. The van der Waals surface area contributed by atoms with E-state index in [0.717, 1.165) is 25.7 Å². The van der Waals surface area contributed by atoms with Crippen LogP contribution in [0.15, 0.2) is 30.3 Å². The molecule has 0 spiro atoms. The molecule has 1 aliphatic rings. The van der Waals surface area contributed by atoms with Gasteiger partial charge in [0.1, 0.15) is 0 Å². The fraction of sp³-hybridized carbons (Fsp3) is 0.600. The molecule has 3 heteroatoms. The standard InChI is InChI=1S/C15H24N2O/c1-2-18-15(10-16)12-17(14-8-9-14)11-13-6-4-3-5-7-13/h3-7,14-15H,2,8-12,16H2,1H3. The van der Waals surface area contributed by atoms with E-state index in [1.807, 2.05) is 6.92 Å². The lowest BCUT2D eigenvalue weighted by Gasteiger charge is -2.26. The van der Waals surface area contributed by atoms with Crippen LogP contribution in [0.5, 0.6) is 0 Å². The maximum atomic E-state index is 5.77. The third kappa shape index (κ3) is 4.09. The normalized spacial score (nSPS) is 17.1. The summed E-state index contributed by atoms with van der Waals surface area (Å²) in [5.74, 6) is 0. The summed E-state index contributed by atoms with van der Waals surface area (Å²) in [6.45, 7) is 5.33. The van der Waals surface area contributed by atoms with E-state index in [0.29, 0.717) is 6.54 Å². The van der Waals surface area contributed by atoms with Gasteiger partial charge >= 0.3 is 0 Å². The maximum absolute atomic E-state index is 5.77. The van der Waals surface area contributed by atoms with Crippen LogP contribution in [0.2, 0.25) is 0 Å². The van der Waals surface area contributed by atoms with E-state index in [2.05, 4.69) is 35.2 Å². The van der Waals surface area contributed by atoms with Gasteiger partial charge in [-0.05, 0) is 25.3 Å². The molecule has 1 aromatic carbocycles. The number of rotatable bonds is 8. The first-order chi connectivity index (χ1) is 8.83. The van der Waals surface area contributed by atoms with Gasteiger partial charge in [0, 0.05) is 32.3 Å². The van der Waals surface area contributed by atoms with Crippen LogP contribution in [-0.4, -0.2) is 36.7 Å². The summed E-state index contributed by atoms with van der Waals surface area (Å²) in [7, 11) is 0. The molecule has 18 heavy (non-hydrogen) atoms. The van der Waals surface area contributed by atoms with Crippen molar-refractivity contribution in [3.05, 3.63) is 35.9 Å². The van der Waals surface area contributed by atoms with Gasteiger partial charge in [0.15, 0.2) is 0 Å². The summed E-state index contributed by atoms with van der Waals surface area (Å²) in [5, 5.41) is 0. The topological polar surface area (TPSA) is 38.5 Å². The fourth-order valence-electron chi connectivity index (χ4n) is 2.29. The van der Waals surface area contributed by atoms with Gasteiger partial charge in [-0.25, -0.2) is 0 Å². The first-order valence-corrected chi connectivity index (χ1v) is 6.93. The lowest BCUT2D eigenvalue weighted by atomic mass is 10.2. The van der Waals surface area contributed by atoms with Gasteiger partial charge in [-0.3, -0.25) is 4.90 Å². The quantitative estimate of drug-likeness (QED) is 0.765. The van der Waals surface area contributed by atoms with E-state index in [1.54, 1.807) is 0 Å². The Morgan fingerprint density at radius 3 is 2.61 bits per heavy atom. The Bertz CT molecular complexity index is 338. The van der Waals surface area contributed by atoms with E-state index < -0.39 is 0 Å². The SMILES string of the molecule is CCOC(CN)CN(Cc1ccccc1)C1CC1. The molecule has 0 bridgehead atoms. The minimum absolute atomic E-state index is 0.166. The molecule has 1 saturated carbocycles. The van der Waals surface area contributed by atoms with E-state index in [-0.39, 0.29) is 6.10 Å². The molecule has 0 aliphatic heterocycles. The number of benzene rings is 1. The summed E-state index contributed by atoms with van der Waals surface area (Å²) in [6, 6.07) is 11.4. The Balaban J connectivity index is 1.91. The zero-order chi connectivity index (χ0) is 12.8. The van der Waals surface area contributed by atoms with Crippen molar-refractivity contribution < 1.29 is 4.74 Å². The van der Waals surface area contributed by atoms with Crippen LogP contribution >= 0.6 is 0 Å². The van der Waals surface area contributed by atoms with E-state index in [1.165, 1.54) is 18.4 Å². The van der Waals surface area contributed by atoms with Crippen molar-refractivity contribution in [1.29, 1.82) is 0 Å². The molecule has 3 nitrogen and oxygen atoms in total. The van der Waals surface area contributed by atoms with Crippen LogP contribution in [0.1, 0.15) is 25.3 Å². The van der Waals surface area contributed by atoms with Crippen molar-refractivity contribution in [2.45, 2.75) is 38.5 Å². The average Bonchev–Trinajstić information content (AvgIpc) is 3.22. The van der Waals surface area contributed by atoms with Gasteiger partial charge in [-0.1, -0.05) is 30.3 Å². The molecule has 0 heterocycles. The molecule has 1 aliphatic carbocycles. The number of nitrogens with two attached hydrogens (primary N) is 1. The molecule has 0 aromatic heterocycles. The molecule has 1 aromatic rings. The summed E-state index contributed by atoms with van der Waals surface area (Å²) in [6.07, 6.45) is 2.80. The summed E-state index contributed by atoms with van der Waals surface area (Å²) < 4.78 is 5.67. The van der Waals surface area contributed by atoms with Crippen LogP contribution in [0.25, 0.3) is 0 Å². The van der Waals surface area contributed by atoms with Gasteiger partial charge in [-0.15, -0.1) is 0 Å². The van der Waals surface area contributed by atoms with Gasteiger partial charge in [0.2, 0.25) is 0 Å². The lowest BCUT2D eigenvalue weighted by Crippen LogP contribution is -2.39. The Morgan fingerprint density at radius 2 is 2.06 bits per heavy atom. The van der Waals surface area contributed by atoms with Gasteiger partial charge < -0.3 is 10.5 Å². The van der Waals surface area contributed by atoms with Gasteiger partial charge in [-0.2, -0.15) is 0 Å². The zero-order valence-corrected chi connectivity index (χ0v) is 11.2. The average molecular weight is 248 g/mol. The van der Waals surface area contributed by atoms with Crippen molar-refractivity contribution in [3.8, 4) is 0 Å². The first-order valence-electron chi connectivity index (χ1n) is 6.93. The van der Waals surface area contributed by atoms with E-state index >= 15 is 0 Å². The number of ether oxygens (including phenoxy) is 1. The van der Waals surface area contributed by atoms with Crippen LogP contribution in [0, 0.1) is 0 Å². The third-order valence-corrected chi connectivity index (χ3v) is 3.40. The molecule has 1 fully saturated rings. The van der Waals surface area contributed by atoms with E-state index in [4.69, 9.17) is 10.5 Å². The Hall–Kier alpha value is -0.900. The summed E-state index contributed by atoms with van der Waals surface area (Å²) >= 11 is 0. The number of nitrogens with zero attached hydrogens (tertiary/aromatic N) is 1. The monoisotopic (exact) mass is 248 g/mol. The van der Waals surface area contributed by atoms with Crippen LogP contribution in [0.4, 0.5) is 0 Å². The predicted octanol–water partition coefficient (Wildman–Crippen LogP) is 2.01. The Labute approximate surface area is 110 Å². The molecule has 2 N–H and O–H groups in total. The summed E-state index contributed by atoms with van der Waals surface area (Å²) in [5.41, 5.74) is 7.14. The van der Waals surface area contributed by atoms with Gasteiger partial charge in [0.25, 0.3) is 0 Å². The van der Waals surface area contributed by atoms with E-state index in [9.17, 15) is 0 Å². The van der Waals surface area contributed by atoms with Crippen LogP contribution in [-0.2, 0) is 11.3 Å².